The molecule has 2 aliphatic carbocycles. The molecule has 3 N–H and O–H groups in total. The molecule has 2 heterocycles. The zero-order valence-electron chi connectivity index (χ0n) is 12.3. The van der Waals surface area contributed by atoms with E-state index >= 15 is 0 Å². The van der Waals surface area contributed by atoms with E-state index < -0.39 is 0 Å². The number of nitrogen functional groups attached to an aromatic ring is 1. The lowest BCUT2D eigenvalue weighted by Crippen LogP contribution is -2.49. The molecular weight excluding hydrogens is 264 g/mol. The number of nitrogens with zero attached hydrogens (tertiary/aromatic N) is 2. The van der Waals surface area contributed by atoms with Gasteiger partial charge < -0.3 is 15.4 Å². The van der Waals surface area contributed by atoms with Crippen molar-refractivity contribution in [2.75, 3.05) is 18.1 Å². The van der Waals surface area contributed by atoms with Crippen LogP contribution in [0.1, 0.15) is 42.5 Å². The number of pyridine rings is 1. The van der Waals surface area contributed by atoms with Crippen LogP contribution in [0, 0.1) is 5.41 Å². The number of aryl methyl sites for hydroxylation is 2. The van der Waals surface area contributed by atoms with Crippen molar-refractivity contribution in [2.45, 2.75) is 50.7 Å². The second kappa shape index (κ2) is 4.98. The van der Waals surface area contributed by atoms with Gasteiger partial charge in [0.05, 0.1) is 24.3 Å². The first-order valence-corrected chi connectivity index (χ1v) is 7.99. The van der Waals surface area contributed by atoms with Crippen molar-refractivity contribution in [3.05, 3.63) is 22.9 Å². The highest BCUT2D eigenvalue weighted by atomic mass is 16.5. The van der Waals surface area contributed by atoms with E-state index in [1.807, 2.05) is 0 Å². The van der Waals surface area contributed by atoms with Crippen molar-refractivity contribution < 1.29 is 4.74 Å². The molecule has 0 amide bonds. The molecular formula is C16H22N4O. The van der Waals surface area contributed by atoms with E-state index in [1.165, 1.54) is 17.7 Å². The van der Waals surface area contributed by atoms with Crippen LogP contribution in [0.25, 0.3) is 0 Å². The molecule has 2 atom stereocenters. The first-order chi connectivity index (χ1) is 10.2. The van der Waals surface area contributed by atoms with Crippen LogP contribution in [0.3, 0.4) is 0 Å². The monoisotopic (exact) mass is 286 g/mol. The van der Waals surface area contributed by atoms with Crippen LogP contribution in [0.15, 0.2) is 6.07 Å². The van der Waals surface area contributed by atoms with Gasteiger partial charge in [0.1, 0.15) is 11.7 Å². The van der Waals surface area contributed by atoms with Crippen molar-refractivity contribution >= 4 is 11.7 Å². The van der Waals surface area contributed by atoms with E-state index in [4.69, 9.17) is 20.9 Å². The Bertz CT molecular complexity index is 586. The number of nitrogens with one attached hydrogen (secondary N) is 1. The highest BCUT2D eigenvalue weighted by Gasteiger charge is 2.38. The minimum Gasteiger partial charge on any atom is -0.384 e. The lowest BCUT2D eigenvalue weighted by atomic mass is 10.1. The first kappa shape index (κ1) is 13.1. The molecule has 3 aliphatic rings. The predicted octanol–water partition coefficient (Wildman–Crippen LogP) is 1.61. The summed E-state index contributed by atoms with van der Waals surface area (Å²) in [5.74, 6) is 1.05. The topological polar surface area (TPSA) is 75.2 Å². The van der Waals surface area contributed by atoms with E-state index in [9.17, 15) is 0 Å². The van der Waals surface area contributed by atoms with Gasteiger partial charge in [-0.15, -0.1) is 0 Å². The Balaban J connectivity index is 1.77. The summed E-state index contributed by atoms with van der Waals surface area (Å²) in [6, 6.07) is 2.51. The van der Waals surface area contributed by atoms with Crippen LogP contribution in [-0.4, -0.2) is 36.1 Å². The fraction of sp³-hybridized carbons (Fsp3) is 0.625. The smallest absolute Gasteiger partial charge is 0.140 e. The molecule has 5 heteroatoms. The van der Waals surface area contributed by atoms with Gasteiger partial charge in [-0.3, -0.25) is 5.41 Å². The fourth-order valence-electron chi connectivity index (χ4n) is 4.07. The summed E-state index contributed by atoms with van der Waals surface area (Å²) >= 11 is 0. The Kier molecular flexibility index (Phi) is 3.10. The Morgan fingerprint density at radius 1 is 1.33 bits per heavy atom. The van der Waals surface area contributed by atoms with Crippen LogP contribution >= 0.6 is 0 Å². The van der Waals surface area contributed by atoms with Crippen LogP contribution < -0.4 is 10.6 Å². The molecule has 5 nitrogen and oxygen atoms in total. The second-order valence-electron chi connectivity index (χ2n) is 6.33. The molecule has 2 unspecified atom stereocenters. The summed E-state index contributed by atoms with van der Waals surface area (Å²) in [4.78, 5) is 7.27. The zero-order valence-corrected chi connectivity index (χ0v) is 12.3. The predicted molar refractivity (Wildman–Crippen MR) is 82.0 cm³/mol. The molecule has 1 aliphatic heterocycles. The number of morpholine rings is 1. The highest BCUT2D eigenvalue weighted by molar-refractivity contribution is 6.00. The number of amidine groups is 1. The average Bonchev–Trinajstić information content (AvgIpc) is 3.13. The Morgan fingerprint density at radius 3 is 3.10 bits per heavy atom. The molecule has 1 aromatic heterocycles. The quantitative estimate of drug-likeness (QED) is 0.640. The number of hydrogen-bond acceptors (Lipinski definition) is 4. The highest BCUT2D eigenvalue weighted by Crippen LogP contribution is 2.35. The van der Waals surface area contributed by atoms with Crippen molar-refractivity contribution in [1.82, 2.24) is 4.98 Å². The number of hydrogen-bond donors (Lipinski definition) is 2. The van der Waals surface area contributed by atoms with E-state index in [-0.39, 0.29) is 5.84 Å². The van der Waals surface area contributed by atoms with Crippen LogP contribution in [-0.2, 0) is 17.6 Å². The SMILES string of the molecule is N=C(N)c1cc2c(nc1N1CCOC3CCCC31)CCC2. The van der Waals surface area contributed by atoms with Gasteiger partial charge in [0, 0.05) is 12.2 Å². The third-order valence-corrected chi connectivity index (χ3v) is 5.08. The summed E-state index contributed by atoms with van der Waals surface area (Å²) < 4.78 is 5.89. The summed E-state index contributed by atoms with van der Waals surface area (Å²) in [5, 5.41) is 7.93. The van der Waals surface area contributed by atoms with Gasteiger partial charge >= 0.3 is 0 Å². The third kappa shape index (κ3) is 2.11. The Hall–Kier alpha value is -1.62. The maximum absolute atomic E-state index is 7.93. The molecule has 0 bridgehead atoms. The molecule has 4 rings (SSSR count). The Labute approximate surface area is 125 Å². The molecule has 0 aromatic carbocycles. The number of fused-ring (bicyclic) bond motifs is 2. The van der Waals surface area contributed by atoms with Gasteiger partial charge in [-0.1, -0.05) is 0 Å². The molecule has 2 fully saturated rings. The molecule has 21 heavy (non-hydrogen) atoms. The average molecular weight is 286 g/mol. The minimum atomic E-state index is 0.133. The van der Waals surface area contributed by atoms with Crippen molar-refractivity contribution in [1.29, 1.82) is 5.41 Å². The van der Waals surface area contributed by atoms with Gasteiger partial charge in [-0.05, 0) is 50.2 Å². The van der Waals surface area contributed by atoms with Gasteiger partial charge in [0.15, 0.2) is 0 Å². The van der Waals surface area contributed by atoms with E-state index in [1.54, 1.807) is 0 Å². The maximum Gasteiger partial charge on any atom is 0.140 e. The largest absolute Gasteiger partial charge is 0.384 e. The van der Waals surface area contributed by atoms with E-state index in [0.29, 0.717) is 12.1 Å². The molecule has 0 radical (unpaired) electrons. The van der Waals surface area contributed by atoms with Gasteiger partial charge in [0.25, 0.3) is 0 Å². The van der Waals surface area contributed by atoms with Crippen molar-refractivity contribution in [2.24, 2.45) is 5.73 Å². The number of nitrogens with two attached hydrogens (primary N) is 1. The lowest BCUT2D eigenvalue weighted by Gasteiger charge is -2.39. The molecule has 1 saturated carbocycles. The summed E-state index contributed by atoms with van der Waals surface area (Å²) in [6.45, 7) is 1.60. The van der Waals surface area contributed by atoms with Crippen molar-refractivity contribution in [3.8, 4) is 0 Å². The van der Waals surface area contributed by atoms with Crippen LogP contribution in [0.5, 0.6) is 0 Å². The molecule has 1 saturated heterocycles. The van der Waals surface area contributed by atoms with E-state index in [0.717, 1.165) is 56.6 Å². The zero-order chi connectivity index (χ0) is 14.4. The number of rotatable bonds is 2. The van der Waals surface area contributed by atoms with Gasteiger partial charge in [0.2, 0.25) is 0 Å². The van der Waals surface area contributed by atoms with Crippen LogP contribution in [0.2, 0.25) is 0 Å². The summed E-state index contributed by atoms with van der Waals surface area (Å²) in [6.07, 6.45) is 7.12. The van der Waals surface area contributed by atoms with E-state index in [2.05, 4.69) is 11.0 Å². The Morgan fingerprint density at radius 2 is 2.24 bits per heavy atom. The minimum absolute atomic E-state index is 0.133. The summed E-state index contributed by atoms with van der Waals surface area (Å²) in [5.41, 5.74) is 9.13. The number of anilines is 1. The van der Waals surface area contributed by atoms with Crippen molar-refractivity contribution in [3.63, 3.8) is 0 Å². The summed E-state index contributed by atoms with van der Waals surface area (Å²) in [7, 11) is 0. The maximum atomic E-state index is 7.93. The number of ether oxygens (including phenoxy) is 1. The third-order valence-electron chi connectivity index (χ3n) is 5.08. The molecule has 1 aromatic rings. The van der Waals surface area contributed by atoms with Crippen LogP contribution in [0.4, 0.5) is 5.82 Å². The first-order valence-electron chi connectivity index (χ1n) is 7.99. The second-order valence-corrected chi connectivity index (χ2v) is 6.33. The molecule has 112 valence electrons. The van der Waals surface area contributed by atoms with Gasteiger partial charge in [-0.25, -0.2) is 4.98 Å². The lowest BCUT2D eigenvalue weighted by molar-refractivity contribution is 0.0253. The normalized spacial score (nSPS) is 27.5. The van der Waals surface area contributed by atoms with Gasteiger partial charge in [-0.2, -0.15) is 0 Å². The molecule has 0 spiro atoms. The fourth-order valence-corrected chi connectivity index (χ4v) is 4.07. The number of aromatic nitrogens is 1. The standard InChI is InChI=1S/C16H22N4O/c17-15(18)11-9-10-3-1-4-12(10)19-16(11)20-7-8-21-14-6-2-5-13(14)20/h9,13-14H,1-8H2,(H3,17,18).